The van der Waals surface area contributed by atoms with Crippen LogP contribution in [0.2, 0.25) is 0 Å². The number of rotatable bonds is 6. The second-order valence-corrected chi connectivity index (χ2v) is 6.82. The molecule has 1 N–H and O–H groups in total. The number of hydrogen-bond acceptors (Lipinski definition) is 3. The van der Waals surface area contributed by atoms with Crippen LogP contribution in [0, 0.1) is 17.8 Å². The van der Waals surface area contributed by atoms with E-state index >= 15 is 0 Å². The summed E-state index contributed by atoms with van der Waals surface area (Å²) < 4.78 is 0. The van der Waals surface area contributed by atoms with Gasteiger partial charge in [-0.3, -0.25) is 14.5 Å². The third kappa shape index (κ3) is 3.65. The SMILES string of the molecule is CCCNC(CN1C(=O)C(C)C(C)C1=O)C1CCCCC1. The second kappa shape index (κ2) is 7.39. The number of hydrogen-bond donors (Lipinski definition) is 1. The highest BCUT2D eigenvalue weighted by Crippen LogP contribution is 2.30. The van der Waals surface area contributed by atoms with E-state index in [1.807, 2.05) is 13.8 Å². The summed E-state index contributed by atoms with van der Waals surface area (Å²) >= 11 is 0. The summed E-state index contributed by atoms with van der Waals surface area (Å²) in [6, 6.07) is 0.274. The Morgan fingerprint density at radius 2 is 1.67 bits per heavy atom. The topological polar surface area (TPSA) is 49.4 Å². The number of carbonyl (C=O) groups excluding carboxylic acids is 2. The summed E-state index contributed by atoms with van der Waals surface area (Å²) in [5.41, 5.74) is 0. The van der Waals surface area contributed by atoms with Crippen LogP contribution >= 0.6 is 0 Å². The molecule has 1 saturated heterocycles. The van der Waals surface area contributed by atoms with E-state index in [1.165, 1.54) is 37.0 Å². The molecule has 0 radical (unpaired) electrons. The second-order valence-electron chi connectivity index (χ2n) is 6.82. The predicted octanol–water partition coefficient (Wildman–Crippen LogP) is 2.58. The molecule has 1 aliphatic heterocycles. The van der Waals surface area contributed by atoms with Gasteiger partial charge >= 0.3 is 0 Å². The monoisotopic (exact) mass is 294 g/mol. The molecule has 21 heavy (non-hydrogen) atoms. The van der Waals surface area contributed by atoms with Crippen molar-refractivity contribution < 1.29 is 9.59 Å². The van der Waals surface area contributed by atoms with Crippen molar-refractivity contribution >= 4 is 11.8 Å². The number of nitrogens with one attached hydrogen (secondary N) is 1. The van der Waals surface area contributed by atoms with E-state index < -0.39 is 0 Å². The summed E-state index contributed by atoms with van der Waals surface area (Å²) in [5.74, 6) is 0.335. The van der Waals surface area contributed by atoms with Crippen LogP contribution in [0.3, 0.4) is 0 Å². The molecule has 4 nitrogen and oxygen atoms in total. The van der Waals surface area contributed by atoms with Crippen LogP contribution in [-0.4, -0.2) is 35.8 Å². The molecule has 2 aliphatic rings. The highest BCUT2D eigenvalue weighted by atomic mass is 16.2. The van der Waals surface area contributed by atoms with Crippen molar-refractivity contribution in [3.8, 4) is 0 Å². The molecule has 3 atom stereocenters. The minimum Gasteiger partial charge on any atom is -0.312 e. The highest BCUT2D eigenvalue weighted by Gasteiger charge is 2.43. The van der Waals surface area contributed by atoms with E-state index in [9.17, 15) is 9.59 Å². The lowest BCUT2D eigenvalue weighted by Crippen LogP contribution is -2.48. The smallest absolute Gasteiger partial charge is 0.232 e. The molecule has 1 heterocycles. The molecule has 0 aromatic rings. The Balaban J connectivity index is 2.03. The molecular formula is C17H30N2O2. The summed E-state index contributed by atoms with van der Waals surface area (Å²) in [4.78, 5) is 26.1. The van der Waals surface area contributed by atoms with Gasteiger partial charge in [-0.15, -0.1) is 0 Å². The lowest BCUT2D eigenvalue weighted by Gasteiger charge is -2.33. The summed E-state index contributed by atoms with van der Waals surface area (Å²) in [5, 5.41) is 3.59. The van der Waals surface area contributed by atoms with Crippen molar-refractivity contribution in [2.45, 2.75) is 65.3 Å². The molecule has 1 aliphatic carbocycles. The number of imide groups is 1. The Morgan fingerprint density at radius 1 is 1.10 bits per heavy atom. The molecule has 120 valence electrons. The van der Waals surface area contributed by atoms with Gasteiger partial charge in [-0.25, -0.2) is 0 Å². The molecule has 0 aromatic heterocycles. The lowest BCUT2D eigenvalue weighted by atomic mass is 9.83. The van der Waals surface area contributed by atoms with Crippen LogP contribution in [0.4, 0.5) is 0 Å². The van der Waals surface area contributed by atoms with Crippen molar-refractivity contribution in [2.24, 2.45) is 17.8 Å². The number of likely N-dealkylation sites (tertiary alicyclic amines) is 1. The quantitative estimate of drug-likeness (QED) is 0.766. The molecule has 1 saturated carbocycles. The third-order valence-corrected chi connectivity index (χ3v) is 5.32. The first kappa shape index (κ1) is 16.5. The van der Waals surface area contributed by atoms with Crippen molar-refractivity contribution in [3.05, 3.63) is 0 Å². The van der Waals surface area contributed by atoms with Crippen LogP contribution in [0.1, 0.15) is 59.3 Å². The zero-order chi connectivity index (χ0) is 15.4. The van der Waals surface area contributed by atoms with Gasteiger partial charge in [-0.1, -0.05) is 40.0 Å². The maximum Gasteiger partial charge on any atom is 0.232 e. The molecule has 0 aromatic carbocycles. The minimum atomic E-state index is -0.157. The molecule has 2 rings (SSSR count). The number of nitrogens with zero attached hydrogens (tertiary/aromatic N) is 1. The summed E-state index contributed by atoms with van der Waals surface area (Å²) in [7, 11) is 0. The predicted molar refractivity (Wildman–Crippen MR) is 83.7 cm³/mol. The standard InChI is InChI=1S/C17H30N2O2/c1-4-10-18-15(14-8-6-5-7-9-14)11-19-16(20)12(2)13(3)17(19)21/h12-15,18H,4-11H2,1-3H3. The Hall–Kier alpha value is -0.900. The molecule has 2 amide bonds. The van der Waals surface area contributed by atoms with Gasteiger partial charge in [0, 0.05) is 24.4 Å². The first-order valence-electron chi connectivity index (χ1n) is 8.64. The van der Waals surface area contributed by atoms with E-state index in [2.05, 4.69) is 12.2 Å². The fraction of sp³-hybridized carbons (Fsp3) is 0.882. The molecular weight excluding hydrogens is 264 g/mol. The van der Waals surface area contributed by atoms with Gasteiger partial charge in [-0.05, 0) is 31.7 Å². The highest BCUT2D eigenvalue weighted by molar-refractivity contribution is 6.04. The molecule has 2 fully saturated rings. The zero-order valence-electron chi connectivity index (χ0n) is 13.7. The Morgan fingerprint density at radius 3 is 2.19 bits per heavy atom. The summed E-state index contributed by atoms with van der Waals surface area (Å²) in [6.07, 6.45) is 7.42. The summed E-state index contributed by atoms with van der Waals surface area (Å²) in [6.45, 7) is 7.43. The zero-order valence-corrected chi connectivity index (χ0v) is 13.7. The Bertz CT molecular complexity index is 357. The van der Waals surface area contributed by atoms with Gasteiger partial charge in [0.25, 0.3) is 0 Å². The van der Waals surface area contributed by atoms with Crippen molar-refractivity contribution in [1.82, 2.24) is 10.2 Å². The maximum atomic E-state index is 12.3. The van der Waals surface area contributed by atoms with Gasteiger partial charge in [0.15, 0.2) is 0 Å². The number of amides is 2. The van der Waals surface area contributed by atoms with E-state index in [4.69, 9.17) is 0 Å². The Kier molecular flexibility index (Phi) is 5.80. The maximum absolute atomic E-state index is 12.3. The normalized spacial score (nSPS) is 29.2. The first-order chi connectivity index (χ1) is 10.1. The van der Waals surface area contributed by atoms with Crippen molar-refractivity contribution in [3.63, 3.8) is 0 Å². The average Bonchev–Trinajstić information content (AvgIpc) is 2.69. The van der Waals surface area contributed by atoms with Gasteiger partial charge in [0.05, 0.1) is 0 Å². The molecule has 0 bridgehead atoms. The van der Waals surface area contributed by atoms with E-state index in [1.54, 1.807) is 0 Å². The molecule has 3 unspecified atom stereocenters. The van der Waals surface area contributed by atoms with Crippen LogP contribution in [-0.2, 0) is 9.59 Å². The van der Waals surface area contributed by atoms with E-state index in [0.29, 0.717) is 12.5 Å². The van der Waals surface area contributed by atoms with E-state index in [0.717, 1.165) is 13.0 Å². The van der Waals surface area contributed by atoms with E-state index in [-0.39, 0.29) is 29.7 Å². The van der Waals surface area contributed by atoms with Crippen LogP contribution in [0.5, 0.6) is 0 Å². The van der Waals surface area contributed by atoms with Crippen LogP contribution in [0.25, 0.3) is 0 Å². The van der Waals surface area contributed by atoms with Gasteiger partial charge in [0.2, 0.25) is 11.8 Å². The lowest BCUT2D eigenvalue weighted by molar-refractivity contribution is -0.140. The largest absolute Gasteiger partial charge is 0.312 e. The van der Waals surface area contributed by atoms with Crippen LogP contribution in [0.15, 0.2) is 0 Å². The van der Waals surface area contributed by atoms with Gasteiger partial charge in [0.1, 0.15) is 0 Å². The van der Waals surface area contributed by atoms with Crippen LogP contribution < -0.4 is 5.32 Å². The minimum absolute atomic E-state index is 0.0200. The van der Waals surface area contributed by atoms with Crippen molar-refractivity contribution in [1.29, 1.82) is 0 Å². The van der Waals surface area contributed by atoms with Gasteiger partial charge < -0.3 is 5.32 Å². The molecule has 0 spiro atoms. The number of carbonyl (C=O) groups is 2. The first-order valence-corrected chi connectivity index (χ1v) is 8.64. The molecule has 4 heteroatoms. The fourth-order valence-corrected chi connectivity index (χ4v) is 3.65. The average molecular weight is 294 g/mol. The van der Waals surface area contributed by atoms with Gasteiger partial charge in [-0.2, -0.15) is 0 Å². The Labute approximate surface area is 128 Å². The third-order valence-electron chi connectivity index (χ3n) is 5.32. The van der Waals surface area contributed by atoms with Crippen molar-refractivity contribution in [2.75, 3.05) is 13.1 Å². The fourth-order valence-electron chi connectivity index (χ4n) is 3.65.